The van der Waals surface area contributed by atoms with E-state index in [1.807, 2.05) is 6.07 Å². The second kappa shape index (κ2) is 6.49. The highest BCUT2D eigenvalue weighted by molar-refractivity contribution is 5.13. The van der Waals surface area contributed by atoms with E-state index in [0.29, 0.717) is 6.10 Å². The molecular weight excluding hydrogens is 196 g/mol. The second-order valence-corrected chi connectivity index (χ2v) is 4.40. The summed E-state index contributed by atoms with van der Waals surface area (Å²) in [6.07, 6.45) is 11.2. The van der Waals surface area contributed by atoms with Crippen LogP contribution in [0.15, 0.2) is 42.5 Å². The molecule has 1 unspecified atom stereocenters. The molecule has 86 valence electrons. The molecule has 16 heavy (non-hydrogen) atoms. The number of benzene rings is 1. The van der Waals surface area contributed by atoms with Crippen LogP contribution in [0.2, 0.25) is 0 Å². The lowest BCUT2D eigenvalue weighted by molar-refractivity contribution is 0.0638. The number of ether oxygens (including phenoxy) is 1. The third-order valence-electron chi connectivity index (χ3n) is 3.02. The third kappa shape index (κ3) is 3.82. The highest BCUT2D eigenvalue weighted by atomic mass is 16.5. The first-order chi connectivity index (χ1) is 7.95. The first-order valence-electron chi connectivity index (χ1n) is 6.27. The van der Waals surface area contributed by atoms with Gasteiger partial charge in [-0.05, 0) is 24.8 Å². The molecule has 0 fully saturated rings. The van der Waals surface area contributed by atoms with Crippen molar-refractivity contribution in [3.63, 3.8) is 0 Å². The van der Waals surface area contributed by atoms with E-state index in [2.05, 4.69) is 36.4 Å². The van der Waals surface area contributed by atoms with E-state index in [0.717, 1.165) is 6.61 Å². The Morgan fingerprint density at radius 3 is 2.81 bits per heavy atom. The summed E-state index contributed by atoms with van der Waals surface area (Å²) in [7, 11) is 0. The summed E-state index contributed by atoms with van der Waals surface area (Å²) in [4.78, 5) is 0. The average Bonchev–Trinajstić information content (AvgIpc) is 2.29. The molecule has 1 nitrogen and oxygen atoms in total. The molecule has 0 saturated carbocycles. The van der Waals surface area contributed by atoms with Crippen molar-refractivity contribution in [1.29, 1.82) is 0 Å². The molecule has 1 heteroatoms. The van der Waals surface area contributed by atoms with Gasteiger partial charge in [-0.15, -0.1) is 0 Å². The van der Waals surface area contributed by atoms with Crippen LogP contribution in [-0.2, 0) is 11.3 Å². The standard InChI is InChI=1S/C15H20O/c1-2-7-11-15(12-8-3-1)16-13-14-9-5-4-6-10-14/h4-7,9-11,15H,1-3,8,12-13H2/b11-7+. The molecular formula is C15H20O. The zero-order valence-electron chi connectivity index (χ0n) is 9.77. The highest BCUT2D eigenvalue weighted by Crippen LogP contribution is 2.15. The lowest BCUT2D eigenvalue weighted by atomic mass is 10.0. The zero-order chi connectivity index (χ0) is 11.1. The molecule has 1 aliphatic carbocycles. The van der Waals surface area contributed by atoms with Crippen LogP contribution >= 0.6 is 0 Å². The van der Waals surface area contributed by atoms with Crippen molar-refractivity contribution in [2.24, 2.45) is 0 Å². The monoisotopic (exact) mass is 216 g/mol. The molecule has 0 saturated heterocycles. The summed E-state index contributed by atoms with van der Waals surface area (Å²) in [5, 5.41) is 0. The van der Waals surface area contributed by atoms with Gasteiger partial charge in [0, 0.05) is 0 Å². The smallest absolute Gasteiger partial charge is 0.0760 e. The van der Waals surface area contributed by atoms with Crippen molar-refractivity contribution < 1.29 is 4.74 Å². The Morgan fingerprint density at radius 2 is 1.94 bits per heavy atom. The molecule has 0 spiro atoms. The van der Waals surface area contributed by atoms with Crippen LogP contribution in [0.3, 0.4) is 0 Å². The summed E-state index contributed by atoms with van der Waals surface area (Å²) >= 11 is 0. The molecule has 0 bridgehead atoms. The van der Waals surface area contributed by atoms with Crippen LogP contribution in [0.25, 0.3) is 0 Å². The van der Waals surface area contributed by atoms with Crippen molar-refractivity contribution in [3.8, 4) is 0 Å². The van der Waals surface area contributed by atoms with Crippen molar-refractivity contribution in [2.45, 2.75) is 44.8 Å². The van der Waals surface area contributed by atoms with E-state index in [1.54, 1.807) is 0 Å². The van der Waals surface area contributed by atoms with Gasteiger partial charge in [-0.3, -0.25) is 0 Å². The molecule has 0 N–H and O–H groups in total. The molecule has 0 amide bonds. The largest absolute Gasteiger partial charge is 0.369 e. The SMILES string of the molecule is C1=C/C(OCc2ccccc2)CCCCC/1. The van der Waals surface area contributed by atoms with Gasteiger partial charge < -0.3 is 4.74 Å². The Morgan fingerprint density at radius 1 is 1.06 bits per heavy atom. The molecule has 0 aliphatic heterocycles. The van der Waals surface area contributed by atoms with Crippen LogP contribution in [0.1, 0.15) is 37.7 Å². The van der Waals surface area contributed by atoms with Gasteiger partial charge in [0.1, 0.15) is 0 Å². The second-order valence-electron chi connectivity index (χ2n) is 4.40. The predicted molar refractivity (Wildman–Crippen MR) is 67.2 cm³/mol. The number of hydrogen-bond donors (Lipinski definition) is 0. The van der Waals surface area contributed by atoms with Gasteiger partial charge in [-0.2, -0.15) is 0 Å². The minimum atomic E-state index is 0.320. The lowest BCUT2D eigenvalue weighted by Crippen LogP contribution is -2.10. The highest BCUT2D eigenvalue weighted by Gasteiger charge is 2.07. The van der Waals surface area contributed by atoms with Crippen LogP contribution in [0, 0.1) is 0 Å². The maximum atomic E-state index is 5.92. The van der Waals surface area contributed by atoms with Crippen LogP contribution in [0.4, 0.5) is 0 Å². The summed E-state index contributed by atoms with van der Waals surface area (Å²) in [5.41, 5.74) is 1.26. The fourth-order valence-corrected chi connectivity index (χ4v) is 2.05. The van der Waals surface area contributed by atoms with E-state index >= 15 is 0 Å². The fourth-order valence-electron chi connectivity index (χ4n) is 2.05. The summed E-state index contributed by atoms with van der Waals surface area (Å²) in [5.74, 6) is 0. The first-order valence-corrected chi connectivity index (χ1v) is 6.27. The molecule has 0 heterocycles. The average molecular weight is 216 g/mol. The third-order valence-corrected chi connectivity index (χ3v) is 3.02. The van der Waals surface area contributed by atoms with Crippen molar-refractivity contribution >= 4 is 0 Å². The van der Waals surface area contributed by atoms with E-state index in [4.69, 9.17) is 4.74 Å². The zero-order valence-corrected chi connectivity index (χ0v) is 9.77. The molecule has 0 radical (unpaired) electrons. The van der Waals surface area contributed by atoms with Gasteiger partial charge in [0.2, 0.25) is 0 Å². The summed E-state index contributed by atoms with van der Waals surface area (Å²) in [6, 6.07) is 10.4. The molecule has 1 aromatic carbocycles. The Bertz CT molecular complexity index is 315. The maximum absolute atomic E-state index is 5.92. The van der Waals surface area contributed by atoms with Crippen LogP contribution < -0.4 is 0 Å². The summed E-state index contributed by atoms with van der Waals surface area (Å²) in [6.45, 7) is 0.732. The van der Waals surface area contributed by atoms with Crippen molar-refractivity contribution in [3.05, 3.63) is 48.0 Å². The van der Waals surface area contributed by atoms with Crippen molar-refractivity contribution in [2.75, 3.05) is 0 Å². The topological polar surface area (TPSA) is 9.23 Å². The van der Waals surface area contributed by atoms with Gasteiger partial charge >= 0.3 is 0 Å². The Balaban J connectivity index is 1.82. The van der Waals surface area contributed by atoms with Gasteiger partial charge in [-0.1, -0.05) is 55.3 Å². The molecule has 0 aromatic heterocycles. The van der Waals surface area contributed by atoms with E-state index in [-0.39, 0.29) is 0 Å². The molecule has 2 rings (SSSR count). The van der Waals surface area contributed by atoms with Crippen LogP contribution in [0.5, 0.6) is 0 Å². The van der Waals surface area contributed by atoms with Gasteiger partial charge in [-0.25, -0.2) is 0 Å². The molecule has 1 aliphatic rings. The fraction of sp³-hybridized carbons (Fsp3) is 0.467. The predicted octanol–water partition coefficient (Wildman–Crippen LogP) is 4.09. The van der Waals surface area contributed by atoms with Crippen molar-refractivity contribution in [1.82, 2.24) is 0 Å². The molecule has 1 atom stereocenters. The Labute approximate surface area is 98.1 Å². The van der Waals surface area contributed by atoms with Gasteiger partial charge in [0.25, 0.3) is 0 Å². The first kappa shape index (κ1) is 11.4. The Hall–Kier alpha value is -1.08. The number of hydrogen-bond acceptors (Lipinski definition) is 1. The number of rotatable bonds is 3. The minimum Gasteiger partial charge on any atom is -0.369 e. The maximum Gasteiger partial charge on any atom is 0.0760 e. The van der Waals surface area contributed by atoms with E-state index in [1.165, 1.54) is 37.7 Å². The van der Waals surface area contributed by atoms with Gasteiger partial charge in [0.05, 0.1) is 12.7 Å². The summed E-state index contributed by atoms with van der Waals surface area (Å²) < 4.78 is 5.92. The van der Waals surface area contributed by atoms with E-state index in [9.17, 15) is 0 Å². The van der Waals surface area contributed by atoms with Crippen LogP contribution in [-0.4, -0.2) is 6.10 Å². The number of allylic oxidation sites excluding steroid dienone is 1. The molecule has 1 aromatic rings. The van der Waals surface area contributed by atoms with E-state index < -0.39 is 0 Å². The minimum absolute atomic E-state index is 0.320. The van der Waals surface area contributed by atoms with Gasteiger partial charge in [0.15, 0.2) is 0 Å². The quantitative estimate of drug-likeness (QED) is 0.691. The Kier molecular flexibility index (Phi) is 4.63. The normalized spacial score (nSPS) is 23.4. The lowest BCUT2D eigenvalue weighted by Gasteiger charge is -2.16.